The van der Waals surface area contributed by atoms with Gasteiger partial charge >= 0.3 is 0 Å². The molecule has 2 N–H and O–H groups in total. The molecule has 41 heavy (non-hydrogen) atoms. The lowest BCUT2D eigenvalue weighted by Gasteiger charge is -2.27. The summed E-state index contributed by atoms with van der Waals surface area (Å²) >= 11 is 0. The van der Waals surface area contributed by atoms with Gasteiger partial charge in [-0.2, -0.15) is 10.4 Å². The van der Waals surface area contributed by atoms with Gasteiger partial charge < -0.3 is 14.6 Å². The number of allylic oxidation sites excluding steroid dienone is 1. The topological polar surface area (TPSA) is 104 Å². The number of nitrogens with zero attached hydrogens (tertiary/aromatic N) is 2. The molecule has 0 fully saturated rings. The van der Waals surface area contributed by atoms with Crippen molar-refractivity contribution in [2.45, 2.75) is 25.6 Å². The predicted molar refractivity (Wildman–Crippen MR) is 159 cm³/mol. The molecule has 0 saturated heterocycles. The third-order valence-electron chi connectivity index (χ3n) is 6.42. The van der Waals surface area contributed by atoms with Gasteiger partial charge in [-0.05, 0) is 48.2 Å². The molecule has 206 valence electrons. The lowest BCUT2D eigenvalue weighted by atomic mass is 9.85. The summed E-state index contributed by atoms with van der Waals surface area (Å²) in [5, 5.41) is 25.2. The molecule has 7 heteroatoms. The minimum atomic E-state index is -1.94. The standard InChI is InChI=1S/C34H31N3O4/c1-3-13-26-20-25(21-31(40-4-2)32(26)41-24-28-15-12-11-14-27(28)22-35)23-36-37-33(38)34(39,29-16-7-5-8-17-29)30-18-9-6-10-19-30/h3,5-12,14-21,23,39H,1,4,13,24H2,2H3,(H,37,38)/b36-23-. The molecule has 0 aliphatic heterocycles. The average molecular weight is 546 g/mol. The van der Waals surface area contributed by atoms with Crippen LogP contribution in [0.25, 0.3) is 0 Å². The lowest BCUT2D eigenvalue weighted by Crippen LogP contribution is -2.43. The van der Waals surface area contributed by atoms with Gasteiger partial charge in [0.25, 0.3) is 5.91 Å². The Hall–Kier alpha value is -5.19. The van der Waals surface area contributed by atoms with Gasteiger partial charge in [0, 0.05) is 11.1 Å². The number of hydrogen-bond acceptors (Lipinski definition) is 6. The first kappa shape index (κ1) is 28.8. The van der Waals surface area contributed by atoms with Crippen LogP contribution in [0.1, 0.15) is 40.3 Å². The van der Waals surface area contributed by atoms with Gasteiger partial charge in [-0.15, -0.1) is 6.58 Å². The van der Waals surface area contributed by atoms with E-state index < -0.39 is 11.5 Å². The summed E-state index contributed by atoms with van der Waals surface area (Å²) in [6, 6.07) is 30.5. The molecule has 0 heterocycles. The molecule has 0 aliphatic rings. The van der Waals surface area contributed by atoms with Crippen molar-refractivity contribution in [3.63, 3.8) is 0 Å². The molecule has 0 spiro atoms. The molecule has 0 aromatic heterocycles. The Balaban J connectivity index is 1.61. The molecule has 0 atom stereocenters. The predicted octanol–water partition coefficient (Wildman–Crippen LogP) is 5.65. The van der Waals surface area contributed by atoms with E-state index in [1.165, 1.54) is 6.21 Å². The number of amides is 1. The molecule has 7 nitrogen and oxygen atoms in total. The fourth-order valence-electron chi connectivity index (χ4n) is 4.43. The van der Waals surface area contributed by atoms with Crippen molar-refractivity contribution in [2.75, 3.05) is 6.61 Å². The molecule has 0 aliphatic carbocycles. The van der Waals surface area contributed by atoms with Crippen molar-refractivity contribution in [3.8, 4) is 17.6 Å². The highest BCUT2D eigenvalue weighted by Gasteiger charge is 2.39. The number of rotatable bonds is 12. The van der Waals surface area contributed by atoms with Crippen LogP contribution in [0, 0.1) is 11.3 Å². The van der Waals surface area contributed by atoms with Gasteiger partial charge in [0.1, 0.15) is 6.61 Å². The van der Waals surface area contributed by atoms with Gasteiger partial charge in [0.05, 0.1) is 24.5 Å². The van der Waals surface area contributed by atoms with Crippen LogP contribution in [0.5, 0.6) is 11.5 Å². The van der Waals surface area contributed by atoms with Gasteiger partial charge in [-0.25, -0.2) is 5.43 Å². The Morgan fingerprint density at radius 2 is 1.61 bits per heavy atom. The number of hydrogen-bond donors (Lipinski definition) is 2. The first-order valence-electron chi connectivity index (χ1n) is 13.2. The normalized spacial score (nSPS) is 11.0. The maximum Gasteiger partial charge on any atom is 0.281 e. The molecule has 0 saturated carbocycles. The zero-order valence-electron chi connectivity index (χ0n) is 22.8. The zero-order valence-corrected chi connectivity index (χ0v) is 22.8. The van der Waals surface area contributed by atoms with E-state index in [2.05, 4.69) is 23.2 Å². The molecule has 4 aromatic rings. The monoisotopic (exact) mass is 545 g/mol. The summed E-state index contributed by atoms with van der Waals surface area (Å²) in [5.74, 6) is 0.348. The van der Waals surface area contributed by atoms with Crippen molar-refractivity contribution in [1.29, 1.82) is 5.26 Å². The quantitative estimate of drug-likeness (QED) is 0.136. The number of benzene rings is 4. The molecule has 1 amide bonds. The summed E-state index contributed by atoms with van der Waals surface area (Å²) in [7, 11) is 0. The van der Waals surface area contributed by atoms with Crippen molar-refractivity contribution in [3.05, 3.63) is 143 Å². The van der Waals surface area contributed by atoms with Crippen molar-refractivity contribution < 1.29 is 19.4 Å². The van der Waals surface area contributed by atoms with E-state index in [1.54, 1.807) is 66.7 Å². The fourth-order valence-corrected chi connectivity index (χ4v) is 4.43. The van der Waals surface area contributed by atoms with Crippen molar-refractivity contribution in [1.82, 2.24) is 5.43 Å². The van der Waals surface area contributed by atoms with Crippen molar-refractivity contribution in [2.24, 2.45) is 5.10 Å². The van der Waals surface area contributed by atoms with Crippen LogP contribution in [-0.2, 0) is 23.4 Å². The average Bonchev–Trinajstić information content (AvgIpc) is 3.01. The molecular formula is C34H31N3O4. The van der Waals surface area contributed by atoms with Crippen LogP contribution in [0.15, 0.2) is 115 Å². The largest absolute Gasteiger partial charge is 0.490 e. The number of aliphatic hydroxyl groups is 1. The van der Waals surface area contributed by atoms with E-state index in [-0.39, 0.29) is 6.61 Å². The molecule has 4 rings (SSSR count). The van der Waals surface area contributed by atoms with Gasteiger partial charge in [-0.3, -0.25) is 4.79 Å². The fraction of sp³-hybridized carbons (Fsp3) is 0.147. The van der Waals surface area contributed by atoms with E-state index in [0.717, 1.165) is 11.1 Å². The van der Waals surface area contributed by atoms with Gasteiger partial charge in [0.2, 0.25) is 0 Å². The van der Waals surface area contributed by atoms with Gasteiger partial charge in [0.15, 0.2) is 17.1 Å². The number of ether oxygens (including phenoxy) is 2. The van der Waals surface area contributed by atoms with Crippen LogP contribution in [0.3, 0.4) is 0 Å². The van der Waals surface area contributed by atoms with E-state index in [1.807, 2.05) is 43.3 Å². The highest BCUT2D eigenvalue weighted by atomic mass is 16.5. The Morgan fingerprint density at radius 3 is 2.22 bits per heavy atom. The first-order valence-corrected chi connectivity index (χ1v) is 13.2. The highest BCUT2D eigenvalue weighted by Crippen LogP contribution is 2.35. The van der Waals surface area contributed by atoms with Crippen molar-refractivity contribution >= 4 is 12.1 Å². The summed E-state index contributed by atoms with van der Waals surface area (Å²) in [6.45, 7) is 6.32. The Kier molecular flexibility index (Phi) is 9.66. The van der Waals surface area contributed by atoms with E-state index in [9.17, 15) is 15.2 Å². The second-order valence-corrected chi connectivity index (χ2v) is 9.13. The third-order valence-corrected chi connectivity index (χ3v) is 6.42. The first-order chi connectivity index (χ1) is 20.0. The minimum Gasteiger partial charge on any atom is -0.490 e. The number of nitriles is 1. The van der Waals surface area contributed by atoms with Gasteiger partial charge in [-0.1, -0.05) is 84.9 Å². The molecular weight excluding hydrogens is 514 g/mol. The van der Waals surface area contributed by atoms with E-state index >= 15 is 0 Å². The molecule has 4 aromatic carbocycles. The second-order valence-electron chi connectivity index (χ2n) is 9.13. The zero-order chi connectivity index (χ0) is 29.1. The highest BCUT2D eigenvalue weighted by molar-refractivity contribution is 5.91. The second kappa shape index (κ2) is 13.7. The summed E-state index contributed by atoms with van der Waals surface area (Å²) in [6.07, 6.45) is 3.73. The van der Waals surface area contributed by atoms with Crippen LogP contribution < -0.4 is 14.9 Å². The molecule has 0 radical (unpaired) electrons. The van der Waals surface area contributed by atoms with Crippen LogP contribution in [0.2, 0.25) is 0 Å². The number of carbonyl (C=O) groups excluding carboxylic acids is 1. The maximum absolute atomic E-state index is 13.4. The SMILES string of the molecule is C=CCc1cc(/C=N\NC(=O)C(O)(c2ccccc2)c2ccccc2)cc(OCC)c1OCc1ccccc1C#N. The summed E-state index contributed by atoms with van der Waals surface area (Å²) < 4.78 is 12.1. The Morgan fingerprint density at radius 1 is 0.976 bits per heavy atom. The smallest absolute Gasteiger partial charge is 0.281 e. The number of carbonyl (C=O) groups is 1. The number of nitrogens with one attached hydrogen (secondary N) is 1. The minimum absolute atomic E-state index is 0.189. The lowest BCUT2D eigenvalue weighted by molar-refractivity contribution is -0.136. The van der Waals surface area contributed by atoms with E-state index in [0.29, 0.717) is 46.8 Å². The van der Waals surface area contributed by atoms with E-state index in [4.69, 9.17) is 9.47 Å². The third kappa shape index (κ3) is 6.70. The summed E-state index contributed by atoms with van der Waals surface area (Å²) in [4.78, 5) is 13.4. The van der Waals surface area contributed by atoms with Crippen LogP contribution in [0.4, 0.5) is 0 Å². The number of hydrazone groups is 1. The van der Waals surface area contributed by atoms with Crippen LogP contribution in [-0.4, -0.2) is 23.8 Å². The molecule has 0 bridgehead atoms. The summed E-state index contributed by atoms with van der Waals surface area (Å²) in [5.41, 5.74) is 4.17. The molecule has 0 unspecified atom stereocenters. The Labute approximate surface area is 240 Å². The van der Waals surface area contributed by atoms with Crippen LogP contribution >= 0.6 is 0 Å². The Bertz CT molecular complexity index is 1520. The maximum atomic E-state index is 13.4.